The Kier molecular flexibility index (Phi) is 5.22. The van der Waals surface area contributed by atoms with Gasteiger partial charge in [0.25, 0.3) is 0 Å². The van der Waals surface area contributed by atoms with Gasteiger partial charge < -0.3 is 4.74 Å². The van der Waals surface area contributed by atoms with Crippen LogP contribution in [0.4, 0.5) is 61.5 Å². The van der Waals surface area contributed by atoms with E-state index in [0.717, 1.165) is 0 Å². The zero-order valence-corrected chi connectivity index (χ0v) is 11.6. The van der Waals surface area contributed by atoms with Crippen molar-refractivity contribution in [1.82, 2.24) is 5.32 Å². The van der Waals surface area contributed by atoms with E-state index in [0.29, 0.717) is 0 Å². The Labute approximate surface area is 133 Å². The van der Waals surface area contributed by atoms with Gasteiger partial charge in [-0.2, -0.15) is 61.5 Å². The first kappa shape index (κ1) is 22.6. The van der Waals surface area contributed by atoms with Gasteiger partial charge in [0.15, 0.2) is 0 Å². The van der Waals surface area contributed by atoms with Crippen LogP contribution in [0.2, 0.25) is 0 Å². The fraction of sp³-hybridized carbons (Fsp3) is 0.800. The highest BCUT2D eigenvalue weighted by molar-refractivity contribution is 5.38. The lowest BCUT2D eigenvalue weighted by Gasteiger charge is -2.43. The van der Waals surface area contributed by atoms with Gasteiger partial charge in [-0.05, 0) is 0 Å². The zero-order valence-electron chi connectivity index (χ0n) is 11.6. The van der Waals surface area contributed by atoms with Crippen molar-refractivity contribution in [3.05, 3.63) is 11.3 Å². The molecule has 0 aromatic rings. The molecule has 1 N–H and O–H groups in total. The van der Waals surface area contributed by atoms with E-state index in [1.54, 1.807) is 0 Å². The number of hydrogen-bond donors (Lipinski definition) is 1. The van der Waals surface area contributed by atoms with Gasteiger partial charge in [0.1, 0.15) is 12.2 Å². The summed E-state index contributed by atoms with van der Waals surface area (Å²) in [4.78, 5) is 0. The van der Waals surface area contributed by atoms with Crippen molar-refractivity contribution in [2.45, 2.75) is 36.2 Å². The molecule has 0 saturated carbocycles. The molecule has 0 radical (unpaired) electrons. The molecular weight excluding hydrogens is 416 g/mol. The summed E-state index contributed by atoms with van der Waals surface area (Å²) in [6, 6.07) is 0. The predicted octanol–water partition coefficient (Wildman–Crippen LogP) is 4.48. The van der Waals surface area contributed by atoms with Crippen LogP contribution in [0.15, 0.2) is 11.3 Å². The van der Waals surface area contributed by atoms with E-state index in [-0.39, 0.29) is 5.32 Å². The minimum atomic E-state index is -7.34. The Morgan fingerprint density at radius 2 is 1.19 bits per heavy atom. The molecule has 26 heavy (non-hydrogen) atoms. The van der Waals surface area contributed by atoms with Gasteiger partial charge in [-0.3, -0.25) is 5.32 Å². The third-order valence-corrected chi connectivity index (χ3v) is 3.13. The van der Waals surface area contributed by atoms with Gasteiger partial charge in [0.05, 0.1) is 0 Å². The Morgan fingerprint density at radius 3 is 1.50 bits per heavy atom. The molecule has 1 aliphatic heterocycles. The minimum Gasteiger partial charge on any atom is -0.487 e. The fourth-order valence-corrected chi connectivity index (χ4v) is 2.19. The van der Waals surface area contributed by atoms with Crippen molar-refractivity contribution in [2.75, 3.05) is 13.2 Å². The first-order valence-corrected chi connectivity index (χ1v) is 5.99. The highest BCUT2D eigenvalue weighted by Crippen LogP contribution is 2.58. The second kappa shape index (κ2) is 6.02. The van der Waals surface area contributed by atoms with Crippen molar-refractivity contribution < 1.29 is 66.2 Å². The van der Waals surface area contributed by atoms with Gasteiger partial charge >= 0.3 is 30.6 Å². The lowest BCUT2D eigenvalue weighted by atomic mass is 9.80. The van der Waals surface area contributed by atoms with Crippen LogP contribution in [0.5, 0.6) is 0 Å². The van der Waals surface area contributed by atoms with Crippen molar-refractivity contribution in [2.24, 2.45) is 0 Å². The molecule has 1 unspecified atom stereocenters. The number of allylic oxidation sites excluding steroid dienone is 1. The summed E-state index contributed by atoms with van der Waals surface area (Å²) in [6.07, 6.45) is -27.8. The quantitative estimate of drug-likeness (QED) is 0.631. The first-order chi connectivity index (χ1) is 11.2. The van der Waals surface area contributed by atoms with Crippen molar-refractivity contribution in [3.63, 3.8) is 0 Å². The number of ether oxygens (including phenoxy) is 1. The number of nitrogens with one attached hydrogen (secondary N) is 1. The number of hydrogen-bond acceptors (Lipinski definition) is 2. The molecule has 0 aromatic carbocycles. The second-order valence-electron chi connectivity index (χ2n) is 4.79. The molecule has 0 amide bonds. The van der Waals surface area contributed by atoms with Crippen LogP contribution in [0.25, 0.3) is 0 Å². The molecule has 2 nitrogen and oxygen atoms in total. The van der Waals surface area contributed by atoms with Gasteiger partial charge in [0.2, 0.25) is 11.3 Å². The van der Waals surface area contributed by atoms with Gasteiger partial charge in [-0.25, -0.2) is 0 Å². The molecule has 0 aliphatic carbocycles. The first-order valence-electron chi connectivity index (χ1n) is 5.99. The highest BCUT2D eigenvalue weighted by atomic mass is 19.4. The molecule has 16 heteroatoms. The van der Waals surface area contributed by atoms with Crippen molar-refractivity contribution in [1.29, 1.82) is 0 Å². The molecule has 1 rings (SSSR count). The molecule has 1 heterocycles. The van der Waals surface area contributed by atoms with Crippen LogP contribution in [0.1, 0.15) is 0 Å². The van der Waals surface area contributed by atoms with Gasteiger partial charge in [-0.1, -0.05) is 0 Å². The Bertz CT molecular complexity index is 564. The minimum absolute atomic E-state index is 0.243. The largest absolute Gasteiger partial charge is 0.487 e. The molecule has 0 bridgehead atoms. The van der Waals surface area contributed by atoms with Crippen molar-refractivity contribution >= 4 is 0 Å². The topological polar surface area (TPSA) is 21.3 Å². The molecule has 0 fully saturated rings. The summed E-state index contributed by atoms with van der Waals surface area (Å²) in [5.74, 6) is -11.0. The molecule has 0 spiro atoms. The summed E-state index contributed by atoms with van der Waals surface area (Å²) < 4.78 is 185. The molecule has 1 aliphatic rings. The Morgan fingerprint density at radius 1 is 0.731 bits per heavy atom. The molecule has 0 aromatic heterocycles. The maximum absolute atomic E-state index is 13.6. The van der Waals surface area contributed by atoms with Crippen LogP contribution in [0, 0.1) is 0 Å². The summed E-state index contributed by atoms with van der Waals surface area (Å²) in [7, 11) is 0. The van der Waals surface area contributed by atoms with E-state index in [9.17, 15) is 61.5 Å². The van der Waals surface area contributed by atoms with Crippen LogP contribution in [0.3, 0.4) is 0 Å². The average Bonchev–Trinajstić information content (AvgIpc) is 2.55. The predicted molar refractivity (Wildman–Crippen MR) is 52.9 cm³/mol. The summed E-state index contributed by atoms with van der Waals surface area (Å²) in [5, 5.41) is 0.243. The molecule has 0 saturated heterocycles. The Balaban J connectivity index is 4.15. The van der Waals surface area contributed by atoms with Crippen LogP contribution >= 0.6 is 0 Å². The van der Waals surface area contributed by atoms with E-state index < -0.39 is 60.7 Å². The maximum Gasteiger partial charge on any atom is 0.456 e. The summed E-state index contributed by atoms with van der Waals surface area (Å²) in [6.45, 7) is -3.52. The van der Waals surface area contributed by atoms with E-state index >= 15 is 0 Å². The van der Waals surface area contributed by atoms with E-state index in [1.165, 1.54) is 0 Å². The molecule has 154 valence electrons. The average molecular weight is 421 g/mol. The summed E-state index contributed by atoms with van der Waals surface area (Å²) >= 11 is 0. The number of rotatable bonds is 1. The maximum atomic E-state index is 13.6. The van der Waals surface area contributed by atoms with E-state index in [2.05, 4.69) is 4.74 Å². The van der Waals surface area contributed by atoms with E-state index in [1.807, 2.05) is 0 Å². The Hall–Kier alpha value is -1.48. The smallest absolute Gasteiger partial charge is 0.456 e. The second-order valence-corrected chi connectivity index (χ2v) is 4.79. The van der Waals surface area contributed by atoms with Crippen LogP contribution in [-0.2, 0) is 4.74 Å². The van der Waals surface area contributed by atoms with Gasteiger partial charge in [-0.15, -0.1) is 0 Å². The van der Waals surface area contributed by atoms with E-state index in [4.69, 9.17) is 0 Å². The SMILES string of the molecule is FC(F)(F)C1=C(C(F)(F)F)C(C(F)(F)F)(C(F)(F)C(F)(F)F)NCCO1. The summed E-state index contributed by atoms with van der Waals surface area (Å²) in [5.41, 5.74) is -10.8. The highest BCUT2D eigenvalue weighted by Gasteiger charge is 2.85. The normalized spacial score (nSPS) is 24.4. The standard InChI is InChI=1S/C10H5F14NO/c11-6(12,13)3-4(7(14,15)16)26-2-1-25-5(3,9(19,20)21)8(17,18)10(22,23)24/h25H,1-2H2. The number of alkyl halides is 14. The molecule has 1 atom stereocenters. The van der Waals surface area contributed by atoms with Crippen LogP contribution in [-0.4, -0.2) is 49.3 Å². The molecular formula is C10H5F14NO. The third kappa shape index (κ3) is 3.38. The van der Waals surface area contributed by atoms with Crippen LogP contribution < -0.4 is 5.32 Å². The fourth-order valence-electron chi connectivity index (χ4n) is 2.19. The zero-order chi connectivity index (χ0) is 21.0. The number of halogens is 14. The monoisotopic (exact) mass is 421 g/mol. The lowest BCUT2D eigenvalue weighted by Crippen LogP contribution is -2.74. The third-order valence-electron chi connectivity index (χ3n) is 3.13. The van der Waals surface area contributed by atoms with Crippen molar-refractivity contribution in [3.8, 4) is 0 Å². The lowest BCUT2D eigenvalue weighted by molar-refractivity contribution is -0.357. The van der Waals surface area contributed by atoms with Gasteiger partial charge in [0, 0.05) is 6.54 Å².